The van der Waals surface area contributed by atoms with Crippen molar-refractivity contribution in [3.8, 4) is 0 Å². The minimum atomic E-state index is 0.145. The number of hydrogen-bond donors (Lipinski definition) is 1. The number of rotatable bonds is 8. The molecule has 1 saturated carbocycles. The molecule has 1 aliphatic rings. The summed E-state index contributed by atoms with van der Waals surface area (Å²) in [7, 11) is 0. The molecule has 1 fully saturated rings. The third kappa shape index (κ3) is 3.65. The average molecular weight is 353 g/mol. The summed E-state index contributed by atoms with van der Waals surface area (Å²) in [5, 5.41) is 3.50. The van der Waals surface area contributed by atoms with E-state index < -0.39 is 0 Å². The van der Waals surface area contributed by atoms with Crippen LogP contribution in [0.5, 0.6) is 0 Å². The summed E-state index contributed by atoms with van der Waals surface area (Å²) in [6.45, 7) is 4.69. The van der Waals surface area contributed by atoms with Gasteiger partial charge in [0.25, 0.3) is 0 Å². The SMILES string of the molecule is CCCc1ccc2c(c1)sc(=O)n2CCNCC1(CCl)CCC1. The first-order chi connectivity index (χ1) is 11.2. The van der Waals surface area contributed by atoms with E-state index in [9.17, 15) is 4.79 Å². The molecule has 1 aromatic heterocycles. The highest BCUT2D eigenvalue weighted by Gasteiger charge is 2.35. The van der Waals surface area contributed by atoms with E-state index in [4.69, 9.17) is 11.6 Å². The summed E-state index contributed by atoms with van der Waals surface area (Å²) in [5.74, 6) is 0.738. The minimum absolute atomic E-state index is 0.145. The van der Waals surface area contributed by atoms with Crippen molar-refractivity contribution in [3.05, 3.63) is 33.4 Å². The van der Waals surface area contributed by atoms with Crippen LogP contribution in [0.2, 0.25) is 0 Å². The van der Waals surface area contributed by atoms with E-state index >= 15 is 0 Å². The lowest BCUT2D eigenvalue weighted by Crippen LogP contribution is -2.42. The Morgan fingerprint density at radius 3 is 2.87 bits per heavy atom. The van der Waals surface area contributed by atoms with E-state index in [2.05, 4.69) is 30.4 Å². The Morgan fingerprint density at radius 2 is 2.22 bits per heavy atom. The summed E-state index contributed by atoms with van der Waals surface area (Å²) < 4.78 is 3.01. The monoisotopic (exact) mass is 352 g/mol. The van der Waals surface area contributed by atoms with E-state index in [1.54, 1.807) is 0 Å². The number of halogens is 1. The lowest BCUT2D eigenvalue weighted by atomic mass is 9.70. The standard InChI is InChI=1S/C18H25ClN2OS/c1-2-4-14-5-6-15-16(11-14)23-17(22)21(15)10-9-20-13-18(12-19)7-3-8-18/h5-6,11,20H,2-4,7-10,12-13H2,1H3. The summed E-state index contributed by atoms with van der Waals surface area (Å²) in [6, 6.07) is 6.43. The normalized spacial score (nSPS) is 16.6. The van der Waals surface area contributed by atoms with Crippen molar-refractivity contribution in [2.24, 2.45) is 5.41 Å². The molecule has 23 heavy (non-hydrogen) atoms. The highest BCUT2D eigenvalue weighted by molar-refractivity contribution is 7.16. The first-order valence-corrected chi connectivity index (χ1v) is 9.91. The van der Waals surface area contributed by atoms with Crippen LogP contribution >= 0.6 is 22.9 Å². The third-order valence-electron chi connectivity index (χ3n) is 4.98. The van der Waals surface area contributed by atoms with Gasteiger partial charge in [0.15, 0.2) is 0 Å². The molecule has 0 radical (unpaired) electrons. The number of aromatic nitrogens is 1. The highest BCUT2D eigenvalue weighted by Crippen LogP contribution is 2.41. The summed E-state index contributed by atoms with van der Waals surface area (Å²) >= 11 is 7.45. The quantitative estimate of drug-likeness (QED) is 0.575. The number of nitrogens with one attached hydrogen (secondary N) is 1. The summed E-state index contributed by atoms with van der Waals surface area (Å²) in [4.78, 5) is 12.4. The fraction of sp³-hybridized carbons (Fsp3) is 0.611. The second-order valence-electron chi connectivity index (χ2n) is 6.74. The number of nitrogens with zero attached hydrogens (tertiary/aromatic N) is 1. The van der Waals surface area contributed by atoms with Crippen LogP contribution in [-0.2, 0) is 13.0 Å². The van der Waals surface area contributed by atoms with Crippen molar-refractivity contribution in [3.63, 3.8) is 0 Å². The van der Waals surface area contributed by atoms with E-state index in [-0.39, 0.29) is 4.87 Å². The zero-order valence-corrected chi connectivity index (χ0v) is 15.3. The fourth-order valence-corrected chi connectivity index (χ4v) is 4.69. The van der Waals surface area contributed by atoms with Crippen LogP contribution in [0, 0.1) is 5.41 Å². The molecule has 0 atom stereocenters. The minimum Gasteiger partial charge on any atom is -0.314 e. The Morgan fingerprint density at radius 1 is 1.39 bits per heavy atom. The van der Waals surface area contributed by atoms with Gasteiger partial charge in [0, 0.05) is 25.5 Å². The molecule has 3 nitrogen and oxygen atoms in total. The van der Waals surface area contributed by atoms with Crippen LogP contribution in [0.25, 0.3) is 10.2 Å². The van der Waals surface area contributed by atoms with Crippen LogP contribution in [-0.4, -0.2) is 23.5 Å². The maximum absolute atomic E-state index is 12.3. The number of benzene rings is 1. The van der Waals surface area contributed by atoms with Gasteiger partial charge in [-0.2, -0.15) is 0 Å². The third-order valence-corrected chi connectivity index (χ3v) is 6.49. The van der Waals surface area contributed by atoms with E-state index in [0.29, 0.717) is 5.41 Å². The van der Waals surface area contributed by atoms with Gasteiger partial charge in [-0.3, -0.25) is 9.36 Å². The van der Waals surface area contributed by atoms with E-state index in [0.717, 1.165) is 48.6 Å². The number of alkyl halides is 1. The molecule has 5 heteroatoms. The second kappa shape index (κ2) is 7.37. The van der Waals surface area contributed by atoms with Crippen molar-refractivity contribution in [2.45, 2.75) is 45.6 Å². The number of aryl methyl sites for hydroxylation is 1. The zero-order valence-electron chi connectivity index (χ0n) is 13.7. The molecule has 0 amide bonds. The van der Waals surface area contributed by atoms with E-state index in [1.807, 2.05) is 4.57 Å². The molecule has 0 aliphatic heterocycles. The Kier molecular flexibility index (Phi) is 5.45. The van der Waals surface area contributed by atoms with E-state index in [1.165, 1.54) is 36.2 Å². The van der Waals surface area contributed by atoms with Crippen LogP contribution < -0.4 is 10.2 Å². The number of fused-ring (bicyclic) bond motifs is 1. The van der Waals surface area contributed by atoms with Crippen LogP contribution in [0.4, 0.5) is 0 Å². The zero-order chi connectivity index (χ0) is 16.3. The lowest BCUT2D eigenvalue weighted by Gasteiger charge is -2.40. The maximum atomic E-state index is 12.3. The van der Waals surface area contributed by atoms with Gasteiger partial charge in [0.1, 0.15) is 0 Å². The van der Waals surface area contributed by atoms with Crippen LogP contribution in [0.15, 0.2) is 23.0 Å². The molecule has 0 bridgehead atoms. The largest absolute Gasteiger partial charge is 0.314 e. The highest BCUT2D eigenvalue weighted by atomic mass is 35.5. The molecule has 0 spiro atoms. The molecule has 2 aromatic rings. The maximum Gasteiger partial charge on any atom is 0.308 e. The van der Waals surface area contributed by atoms with Gasteiger partial charge in [-0.1, -0.05) is 37.2 Å². The average Bonchev–Trinajstić information content (AvgIpc) is 2.81. The predicted molar refractivity (Wildman–Crippen MR) is 100.0 cm³/mol. The number of thiazole rings is 1. The Hall–Kier alpha value is -0.840. The van der Waals surface area contributed by atoms with Crippen LogP contribution in [0.3, 0.4) is 0 Å². The van der Waals surface area contributed by atoms with Crippen molar-refractivity contribution in [1.29, 1.82) is 0 Å². The van der Waals surface area contributed by atoms with Gasteiger partial charge in [0.2, 0.25) is 0 Å². The van der Waals surface area contributed by atoms with Gasteiger partial charge >= 0.3 is 4.87 Å². The second-order valence-corrected chi connectivity index (χ2v) is 8.00. The molecule has 3 rings (SSSR count). The van der Waals surface area contributed by atoms with Crippen molar-refractivity contribution in [2.75, 3.05) is 19.0 Å². The summed E-state index contributed by atoms with van der Waals surface area (Å²) in [6.07, 6.45) is 5.96. The molecule has 1 N–H and O–H groups in total. The van der Waals surface area contributed by atoms with Crippen LogP contribution in [0.1, 0.15) is 38.2 Å². The molecule has 0 saturated heterocycles. The molecular weight excluding hydrogens is 328 g/mol. The molecule has 126 valence electrons. The lowest BCUT2D eigenvalue weighted by molar-refractivity contribution is 0.161. The molecule has 1 aromatic carbocycles. The summed E-state index contributed by atoms with van der Waals surface area (Å²) in [5.41, 5.74) is 2.69. The molecule has 0 unspecified atom stereocenters. The van der Waals surface area contributed by atoms with Gasteiger partial charge in [-0.15, -0.1) is 11.6 Å². The topological polar surface area (TPSA) is 34.0 Å². The van der Waals surface area contributed by atoms with Gasteiger partial charge < -0.3 is 5.32 Å². The smallest absolute Gasteiger partial charge is 0.308 e. The Balaban J connectivity index is 1.63. The fourth-order valence-electron chi connectivity index (χ4n) is 3.35. The van der Waals surface area contributed by atoms with Crippen molar-refractivity contribution >= 4 is 33.2 Å². The molecular formula is C18H25ClN2OS. The predicted octanol–water partition coefficient (Wildman–Crippen LogP) is 4.01. The Bertz CT molecular complexity index is 712. The Labute approximate surface area is 146 Å². The van der Waals surface area contributed by atoms with Gasteiger partial charge in [-0.25, -0.2) is 0 Å². The number of hydrogen-bond acceptors (Lipinski definition) is 3. The first kappa shape index (κ1) is 17.0. The van der Waals surface area contributed by atoms with Crippen molar-refractivity contribution < 1.29 is 0 Å². The molecule has 1 heterocycles. The van der Waals surface area contributed by atoms with Crippen molar-refractivity contribution in [1.82, 2.24) is 9.88 Å². The first-order valence-electron chi connectivity index (χ1n) is 8.56. The molecule has 1 aliphatic carbocycles. The van der Waals surface area contributed by atoms with Gasteiger partial charge in [-0.05, 0) is 42.4 Å². The van der Waals surface area contributed by atoms with Gasteiger partial charge in [0.05, 0.1) is 10.2 Å².